The van der Waals surface area contributed by atoms with E-state index in [1.807, 2.05) is 0 Å². The standard InChI is InChI=1S/C18H19ClF3N3O3/c1-9-4-12(19)6-13(17(9)28-8-15(21)22)11-5-14(20)16(23-7-11)10(2)24-18(26)25(3)27/h4-7,10,15,27H,8H2,1-3H3,(H,24,26). The van der Waals surface area contributed by atoms with Crippen molar-refractivity contribution >= 4 is 17.6 Å². The molecule has 0 radical (unpaired) electrons. The highest BCUT2D eigenvalue weighted by Crippen LogP contribution is 2.36. The number of hydrogen-bond acceptors (Lipinski definition) is 4. The maximum absolute atomic E-state index is 14.6. The molecule has 0 saturated carbocycles. The van der Waals surface area contributed by atoms with E-state index < -0.39 is 30.9 Å². The number of hydrogen-bond donors (Lipinski definition) is 2. The molecule has 1 unspecified atom stereocenters. The topological polar surface area (TPSA) is 74.7 Å². The highest BCUT2D eigenvalue weighted by Gasteiger charge is 2.20. The van der Waals surface area contributed by atoms with E-state index in [2.05, 4.69) is 10.3 Å². The van der Waals surface area contributed by atoms with E-state index in [4.69, 9.17) is 21.5 Å². The minimum Gasteiger partial charge on any atom is -0.487 e. The fourth-order valence-electron chi connectivity index (χ4n) is 2.54. The number of halogens is 4. The van der Waals surface area contributed by atoms with Gasteiger partial charge in [-0.25, -0.2) is 23.0 Å². The van der Waals surface area contributed by atoms with Crippen LogP contribution in [0.5, 0.6) is 5.75 Å². The third-order valence-electron chi connectivity index (χ3n) is 3.82. The molecule has 2 aromatic rings. The molecule has 0 aliphatic carbocycles. The molecule has 0 aliphatic heterocycles. The van der Waals surface area contributed by atoms with Crippen molar-refractivity contribution in [3.8, 4) is 16.9 Å². The molecule has 2 amide bonds. The third kappa shape index (κ3) is 5.26. The first-order valence-electron chi connectivity index (χ1n) is 8.20. The van der Waals surface area contributed by atoms with Crippen LogP contribution < -0.4 is 10.1 Å². The van der Waals surface area contributed by atoms with E-state index in [-0.39, 0.29) is 17.0 Å². The zero-order valence-corrected chi connectivity index (χ0v) is 16.1. The number of nitrogens with zero attached hydrogens (tertiary/aromatic N) is 2. The number of benzene rings is 1. The number of ether oxygens (including phenoxy) is 1. The zero-order valence-electron chi connectivity index (χ0n) is 15.3. The molecular formula is C18H19ClF3N3O3. The van der Waals surface area contributed by atoms with Gasteiger partial charge in [-0.2, -0.15) is 0 Å². The Morgan fingerprint density at radius 1 is 1.39 bits per heavy atom. The summed E-state index contributed by atoms with van der Waals surface area (Å²) < 4.78 is 44.9. The lowest BCUT2D eigenvalue weighted by atomic mass is 10.0. The minimum absolute atomic E-state index is 0.0623. The molecule has 2 N–H and O–H groups in total. The lowest BCUT2D eigenvalue weighted by Crippen LogP contribution is -2.37. The van der Waals surface area contributed by atoms with Crippen LogP contribution in [0.15, 0.2) is 24.4 Å². The normalized spacial score (nSPS) is 12.0. The Labute approximate surface area is 164 Å². The summed E-state index contributed by atoms with van der Waals surface area (Å²) in [6.07, 6.45) is -1.35. The lowest BCUT2D eigenvalue weighted by Gasteiger charge is -2.18. The first-order valence-corrected chi connectivity index (χ1v) is 8.58. The van der Waals surface area contributed by atoms with E-state index in [9.17, 15) is 18.0 Å². The second kappa shape index (κ2) is 9.11. The fourth-order valence-corrected chi connectivity index (χ4v) is 2.82. The molecule has 1 aromatic carbocycles. The number of pyridine rings is 1. The van der Waals surface area contributed by atoms with Gasteiger partial charge in [0.15, 0.2) is 0 Å². The Bertz CT molecular complexity index is 865. The molecule has 6 nitrogen and oxygen atoms in total. The molecule has 1 heterocycles. The average molecular weight is 418 g/mol. The van der Waals surface area contributed by atoms with Gasteiger partial charge in [-0.3, -0.25) is 10.2 Å². The van der Waals surface area contributed by atoms with Crippen LogP contribution in [0.4, 0.5) is 18.0 Å². The zero-order chi connectivity index (χ0) is 21.0. The summed E-state index contributed by atoms with van der Waals surface area (Å²) in [4.78, 5) is 15.5. The van der Waals surface area contributed by atoms with Crippen LogP contribution >= 0.6 is 11.6 Å². The van der Waals surface area contributed by atoms with Gasteiger partial charge in [0.25, 0.3) is 6.43 Å². The Morgan fingerprint density at radius 2 is 2.07 bits per heavy atom. The van der Waals surface area contributed by atoms with Crippen molar-refractivity contribution in [1.82, 2.24) is 15.4 Å². The lowest BCUT2D eigenvalue weighted by molar-refractivity contribution is -0.0193. The van der Waals surface area contributed by atoms with Crippen molar-refractivity contribution in [2.45, 2.75) is 26.3 Å². The summed E-state index contributed by atoms with van der Waals surface area (Å²) in [5.74, 6) is -0.578. The number of carbonyl (C=O) groups excluding carboxylic acids is 1. The second-order valence-electron chi connectivity index (χ2n) is 6.09. The molecule has 0 aliphatic rings. The minimum atomic E-state index is -2.67. The largest absolute Gasteiger partial charge is 0.487 e. The highest BCUT2D eigenvalue weighted by atomic mass is 35.5. The molecule has 1 aromatic heterocycles. The molecule has 1 atom stereocenters. The van der Waals surface area contributed by atoms with Crippen LogP contribution in [0.2, 0.25) is 5.02 Å². The molecule has 0 bridgehead atoms. The number of rotatable bonds is 6. The van der Waals surface area contributed by atoms with E-state index in [1.54, 1.807) is 13.0 Å². The van der Waals surface area contributed by atoms with Gasteiger partial charge in [0.2, 0.25) is 0 Å². The summed E-state index contributed by atoms with van der Waals surface area (Å²) in [7, 11) is 1.12. The maximum atomic E-state index is 14.6. The quantitative estimate of drug-likeness (QED) is 0.532. The van der Waals surface area contributed by atoms with Gasteiger partial charge in [0, 0.05) is 29.4 Å². The van der Waals surface area contributed by atoms with Gasteiger partial charge in [0.05, 0.1) is 11.7 Å². The molecule has 0 saturated heterocycles. The fraction of sp³-hybridized carbons (Fsp3) is 0.333. The van der Waals surface area contributed by atoms with Gasteiger partial charge in [-0.15, -0.1) is 0 Å². The van der Waals surface area contributed by atoms with Crippen molar-refractivity contribution in [2.24, 2.45) is 0 Å². The van der Waals surface area contributed by atoms with Crippen LogP contribution in [-0.2, 0) is 0 Å². The highest BCUT2D eigenvalue weighted by molar-refractivity contribution is 6.31. The number of carbonyl (C=O) groups is 1. The summed E-state index contributed by atoms with van der Waals surface area (Å²) in [5, 5.41) is 12.1. The van der Waals surface area contributed by atoms with E-state index in [1.165, 1.54) is 19.2 Å². The number of nitrogens with one attached hydrogen (secondary N) is 1. The predicted octanol–water partition coefficient (Wildman–Crippen LogP) is 4.59. The molecule has 28 heavy (non-hydrogen) atoms. The summed E-state index contributed by atoms with van der Waals surface area (Å²) in [6.45, 7) is 2.31. The molecule has 2 rings (SSSR count). The third-order valence-corrected chi connectivity index (χ3v) is 4.04. The van der Waals surface area contributed by atoms with Crippen LogP contribution in [0.3, 0.4) is 0 Å². The number of urea groups is 1. The Morgan fingerprint density at radius 3 is 2.64 bits per heavy atom. The predicted molar refractivity (Wildman–Crippen MR) is 97.4 cm³/mol. The Hall–Kier alpha value is -2.52. The van der Waals surface area contributed by atoms with Gasteiger partial charge < -0.3 is 10.1 Å². The van der Waals surface area contributed by atoms with Gasteiger partial charge >= 0.3 is 6.03 Å². The van der Waals surface area contributed by atoms with Crippen molar-refractivity contribution in [2.75, 3.05) is 13.7 Å². The van der Waals surface area contributed by atoms with E-state index in [0.29, 0.717) is 21.2 Å². The molecule has 10 heteroatoms. The van der Waals surface area contributed by atoms with Crippen LogP contribution in [-0.4, -0.2) is 41.4 Å². The van der Waals surface area contributed by atoms with Crippen molar-refractivity contribution in [3.05, 3.63) is 46.5 Å². The molecule has 152 valence electrons. The van der Waals surface area contributed by atoms with Gasteiger partial charge in [-0.1, -0.05) is 11.6 Å². The molecule has 0 spiro atoms. The van der Waals surface area contributed by atoms with Gasteiger partial charge in [0.1, 0.15) is 18.2 Å². The monoisotopic (exact) mass is 417 g/mol. The smallest absolute Gasteiger partial charge is 0.341 e. The first-order chi connectivity index (χ1) is 13.1. The molecular weight excluding hydrogens is 399 g/mol. The average Bonchev–Trinajstić information content (AvgIpc) is 2.59. The Balaban J connectivity index is 2.39. The maximum Gasteiger partial charge on any atom is 0.341 e. The number of amides is 2. The second-order valence-corrected chi connectivity index (χ2v) is 6.52. The SMILES string of the molecule is Cc1cc(Cl)cc(-c2cnc(C(C)NC(=O)N(C)O)c(F)c2)c1OCC(F)F. The summed E-state index contributed by atoms with van der Waals surface area (Å²) >= 11 is 6.05. The summed E-state index contributed by atoms with van der Waals surface area (Å²) in [6, 6.07) is 2.51. The van der Waals surface area contributed by atoms with E-state index in [0.717, 1.165) is 13.1 Å². The van der Waals surface area contributed by atoms with E-state index >= 15 is 0 Å². The Kier molecular flexibility index (Phi) is 7.09. The number of aryl methyl sites for hydroxylation is 1. The summed E-state index contributed by atoms with van der Waals surface area (Å²) in [5.41, 5.74) is 1.04. The first kappa shape index (κ1) is 21.8. The number of aromatic nitrogens is 1. The van der Waals surface area contributed by atoms with Crippen molar-refractivity contribution in [1.29, 1.82) is 0 Å². The van der Waals surface area contributed by atoms with Crippen LogP contribution in [0, 0.1) is 12.7 Å². The number of hydroxylamine groups is 2. The van der Waals surface area contributed by atoms with Crippen LogP contribution in [0.1, 0.15) is 24.2 Å². The van der Waals surface area contributed by atoms with Crippen molar-refractivity contribution < 1.29 is 27.9 Å². The van der Waals surface area contributed by atoms with Crippen molar-refractivity contribution in [3.63, 3.8) is 0 Å². The molecule has 0 fully saturated rings. The van der Waals surface area contributed by atoms with Gasteiger partial charge in [-0.05, 0) is 37.6 Å². The van der Waals surface area contributed by atoms with Crippen LogP contribution in [0.25, 0.3) is 11.1 Å². The number of alkyl halides is 2.